The molecule has 84 valence electrons. The van der Waals surface area contributed by atoms with E-state index in [-0.39, 0.29) is 17.9 Å². The van der Waals surface area contributed by atoms with Crippen molar-refractivity contribution in [3.05, 3.63) is 28.8 Å². The summed E-state index contributed by atoms with van der Waals surface area (Å²) in [7, 11) is 0. The van der Waals surface area contributed by atoms with Crippen molar-refractivity contribution in [3.8, 4) is 5.75 Å². The summed E-state index contributed by atoms with van der Waals surface area (Å²) >= 11 is 0. The van der Waals surface area contributed by atoms with E-state index in [0.29, 0.717) is 19.3 Å². The summed E-state index contributed by atoms with van der Waals surface area (Å²) < 4.78 is 0. The number of hydrogen-bond acceptors (Lipinski definition) is 3. The Labute approximate surface area is 91.9 Å². The van der Waals surface area contributed by atoms with Crippen LogP contribution in [0.2, 0.25) is 0 Å². The van der Waals surface area contributed by atoms with Gasteiger partial charge in [-0.15, -0.1) is 0 Å². The molecule has 0 fully saturated rings. The monoisotopic (exact) mass is 221 g/mol. The van der Waals surface area contributed by atoms with Crippen LogP contribution in [-0.2, 0) is 13.0 Å². The van der Waals surface area contributed by atoms with Gasteiger partial charge in [0.1, 0.15) is 5.75 Å². The molecule has 1 aliphatic rings. The fraction of sp³-hybridized carbons (Fsp3) is 0.273. The third-order valence-corrected chi connectivity index (χ3v) is 2.81. The third-order valence-electron chi connectivity index (χ3n) is 2.81. The lowest BCUT2D eigenvalue weighted by atomic mass is 9.94. The molecule has 0 atom stereocenters. The Balaban J connectivity index is 2.42. The maximum absolute atomic E-state index is 10.8. The molecular weight excluding hydrogens is 210 g/mol. The van der Waals surface area contributed by atoms with Gasteiger partial charge in [0.05, 0.1) is 5.56 Å². The van der Waals surface area contributed by atoms with E-state index < -0.39 is 6.09 Å². The standard InChI is InChI=1S/C11H11NO4/c13-6-9-8-3-4-12(11(15)16)5-7(8)1-2-10(9)14/h1-2,6,14H,3-5H2,(H,15,16). The van der Waals surface area contributed by atoms with Crippen molar-refractivity contribution < 1.29 is 19.8 Å². The highest BCUT2D eigenvalue weighted by atomic mass is 16.4. The first kappa shape index (κ1) is 10.5. The van der Waals surface area contributed by atoms with E-state index in [9.17, 15) is 14.7 Å². The van der Waals surface area contributed by atoms with Crippen LogP contribution in [0.4, 0.5) is 4.79 Å². The quantitative estimate of drug-likeness (QED) is 0.699. The molecule has 1 aromatic rings. The van der Waals surface area contributed by atoms with Crippen LogP contribution in [0.1, 0.15) is 21.5 Å². The van der Waals surface area contributed by atoms with E-state index in [1.807, 2.05) is 0 Å². The van der Waals surface area contributed by atoms with E-state index in [2.05, 4.69) is 0 Å². The van der Waals surface area contributed by atoms with Crippen LogP contribution in [0.3, 0.4) is 0 Å². The summed E-state index contributed by atoms with van der Waals surface area (Å²) in [6, 6.07) is 3.08. The maximum atomic E-state index is 10.8. The van der Waals surface area contributed by atoms with E-state index in [0.717, 1.165) is 11.1 Å². The molecule has 0 aromatic heterocycles. The van der Waals surface area contributed by atoms with Gasteiger partial charge in [0.25, 0.3) is 0 Å². The van der Waals surface area contributed by atoms with Gasteiger partial charge < -0.3 is 15.1 Å². The normalized spacial score (nSPS) is 14.4. The largest absolute Gasteiger partial charge is 0.507 e. The van der Waals surface area contributed by atoms with Gasteiger partial charge in [0, 0.05) is 13.1 Å². The van der Waals surface area contributed by atoms with Crippen molar-refractivity contribution >= 4 is 12.4 Å². The van der Waals surface area contributed by atoms with Crippen molar-refractivity contribution in [1.82, 2.24) is 4.90 Å². The highest BCUT2D eigenvalue weighted by Crippen LogP contribution is 2.27. The number of phenols is 1. The molecule has 1 aliphatic heterocycles. The number of nitrogens with zero attached hydrogens (tertiary/aromatic N) is 1. The van der Waals surface area contributed by atoms with Crippen LogP contribution in [-0.4, -0.2) is 34.0 Å². The first-order valence-corrected chi connectivity index (χ1v) is 4.90. The van der Waals surface area contributed by atoms with Gasteiger partial charge in [-0.05, 0) is 23.6 Å². The fourth-order valence-electron chi connectivity index (χ4n) is 1.97. The minimum Gasteiger partial charge on any atom is -0.507 e. The smallest absolute Gasteiger partial charge is 0.407 e. The van der Waals surface area contributed by atoms with Crippen molar-refractivity contribution in [1.29, 1.82) is 0 Å². The van der Waals surface area contributed by atoms with E-state index in [1.54, 1.807) is 6.07 Å². The number of carbonyl (C=O) groups is 2. The predicted molar refractivity (Wildman–Crippen MR) is 55.6 cm³/mol. The van der Waals surface area contributed by atoms with E-state index in [1.165, 1.54) is 11.0 Å². The molecule has 0 aliphatic carbocycles. The lowest BCUT2D eigenvalue weighted by Gasteiger charge is -2.27. The van der Waals surface area contributed by atoms with Crippen LogP contribution >= 0.6 is 0 Å². The molecule has 0 bridgehead atoms. The molecule has 5 heteroatoms. The molecular formula is C11H11NO4. The molecule has 0 radical (unpaired) electrons. The topological polar surface area (TPSA) is 77.8 Å². The van der Waals surface area contributed by atoms with Crippen molar-refractivity contribution in [2.75, 3.05) is 6.54 Å². The molecule has 2 rings (SSSR count). The second-order valence-electron chi connectivity index (χ2n) is 3.71. The zero-order valence-corrected chi connectivity index (χ0v) is 8.51. The van der Waals surface area contributed by atoms with Crippen LogP contribution in [0, 0.1) is 0 Å². The molecule has 0 saturated carbocycles. The van der Waals surface area contributed by atoms with Gasteiger partial charge in [-0.25, -0.2) is 4.79 Å². The van der Waals surface area contributed by atoms with Crippen LogP contribution < -0.4 is 0 Å². The van der Waals surface area contributed by atoms with Crippen LogP contribution in [0.5, 0.6) is 5.75 Å². The van der Waals surface area contributed by atoms with Crippen molar-refractivity contribution in [3.63, 3.8) is 0 Å². The fourth-order valence-corrected chi connectivity index (χ4v) is 1.97. The number of rotatable bonds is 1. The molecule has 2 N–H and O–H groups in total. The first-order chi connectivity index (χ1) is 7.63. The molecule has 5 nitrogen and oxygen atoms in total. The second kappa shape index (κ2) is 3.84. The SMILES string of the molecule is O=Cc1c(O)ccc2c1CCN(C(=O)O)C2. The molecule has 1 aromatic carbocycles. The zero-order chi connectivity index (χ0) is 11.7. The predicted octanol–water partition coefficient (Wildman–Crippen LogP) is 1.24. The molecule has 1 heterocycles. The third kappa shape index (κ3) is 1.60. The van der Waals surface area contributed by atoms with Gasteiger partial charge in [0.15, 0.2) is 6.29 Å². The number of carbonyl (C=O) groups excluding carboxylic acids is 1. The van der Waals surface area contributed by atoms with Crippen molar-refractivity contribution in [2.24, 2.45) is 0 Å². The summed E-state index contributed by atoms with van der Waals surface area (Å²) in [5.41, 5.74) is 1.82. The second-order valence-corrected chi connectivity index (χ2v) is 3.71. The maximum Gasteiger partial charge on any atom is 0.407 e. The summed E-state index contributed by atoms with van der Waals surface area (Å²) in [5.74, 6) is -0.0440. The number of aldehydes is 1. The molecule has 1 amide bonds. The number of phenolic OH excluding ortho intramolecular Hbond substituents is 1. The van der Waals surface area contributed by atoms with Gasteiger partial charge >= 0.3 is 6.09 Å². The summed E-state index contributed by atoms with van der Waals surface area (Å²) in [5, 5.41) is 18.3. The minimum atomic E-state index is -0.966. The summed E-state index contributed by atoms with van der Waals surface area (Å²) in [6.07, 6.45) is 0.112. The Morgan fingerprint density at radius 1 is 1.44 bits per heavy atom. The number of amides is 1. The van der Waals surface area contributed by atoms with Crippen molar-refractivity contribution in [2.45, 2.75) is 13.0 Å². The lowest BCUT2D eigenvalue weighted by molar-refractivity contribution is 0.111. The van der Waals surface area contributed by atoms with Gasteiger partial charge in [-0.1, -0.05) is 6.07 Å². The Bertz CT molecular complexity index is 456. The highest BCUT2D eigenvalue weighted by Gasteiger charge is 2.23. The number of fused-ring (bicyclic) bond motifs is 1. The van der Waals surface area contributed by atoms with E-state index >= 15 is 0 Å². The molecule has 16 heavy (non-hydrogen) atoms. The lowest BCUT2D eigenvalue weighted by Crippen LogP contribution is -2.35. The van der Waals surface area contributed by atoms with Gasteiger partial charge in [0.2, 0.25) is 0 Å². The molecule has 0 unspecified atom stereocenters. The van der Waals surface area contributed by atoms with E-state index in [4.69, 9.17) is 5.11 Å². The summed E-state index contributed by atoms with van der Waals surface area (Å²) in [4.78, 5) is 22.9. The highest BCUT2D eigenvalue weighted by molar-refractivity contribution is 5.82. The molecule has 0 saturated heterocycles. The first-order valence-electron chi connectivity index (χ1n) is 4.90. The zero-order valence-electron chi connectivity index (χ0n) is 8.51. The van der Waals surface area contributed by atoms with Crippen LogP contribution in [0.25, 0.3) is 0 Å². The summed E-state index contributed by atoms with van der Waals surface area (Å²) in [6.45, 7) is 0.623. The minimum absolute atomic E-state index is 0.0440. The Hall–Kier alpha value is -2.04. The number of carboxylic acid groups (broad SMARTS) is 1. The molecule has 0 spiro atoms. The Morgan fingerprint density at radius 3 is 2.81 bits per heavy atom. The Morgan fingerprint density at radius 2 is 2.19 bits per heavy atom. The average molecular weight is 221 g/mol. The number of hydrogen-bond donors (Lipinski definition) is 2. The van der Waals surface area contributed by atoms with Crippen LogP contribution in [0.15, 0.2) is 12.1 Å². The number of aromatic hydroxyl groups is 1. The Kier molecular flexibility index (Phi) is 2.52. The van der Waals surface area contributed by atoms with Gasteiger partial charge in [-0.3, -0.25) is 4.79 Å². The van der Waals surface area contributed by atoms with Gasteiger partial charge in [-0.2, -0.15) is 0 Å². The number of benzene rings is 1. The average Bonchev–Trinajstić information content (AvgIpc) is 2.28.